The lowest BCUT2D eigenvalue weighted by Crippen LogP contribution is -2.33. The van der Waals surface area contributed by atoms with Gasteiger partial charge in [-0.3, -0.25) is 0 Å². The number of hydrogen-bond donors (Lipinski definition) is 0. The highest BCUT2D eigenvalue weighted by Crippen LogP contribution is 2.38. The molecule has 4 aromatic rings. The van der Waals surface area contributed by atoms with Gasteiger partial charge in [0.05, 0.1) is 10.3 Å². The Bertz CT molecular complexity index is 1290. The summed E-state index contributed by atoms with van der Waals surface area (Å²) in [6.07, 6.45) is 0. The molecular formula is C22H16ClNO3S. The topological polar surface area (TPSA) is 61.1 Å². The van der Waals surface area contributed by atoms with E-state index in [1.54, 1.807) is 36.4 Å². The minimum atomic E-state index is -3.94. The Morgan fingerprint density at radius 1 is 0.893 bits per heavy atom. The number of nitrogens with zero attached hydrogens (tertiary/aromatic N) is 1. The van der Waals surface area contributed by atoms with E-state index < -0.39 is 9.84 Å². The SMILES string of the molecule is Cc1c(S(=O)(=O)c2ccccc2)c(-c2ccccc2)c2cc(Cl)ccc2[n+]1[O-]. The van der Waals surface area contributed by atoms with Crippen LogP contribution in [0, 0.1) is 12.1 Å². The average Bonchev–Trinajstić information content (AvgIpc) is 2.71. The zero-order valence-electron chi connectivity index (χ0n) is 15.0. The highest BCUT2D eigenvalue weighted by atomic mass is 35.5. The fraction of sp³-hybridized carbons (Fsp3) is 0.0455. The summed E-state index contributed by atoms with van der Waals surface area (Å²) < 4.78 is 27.7. The molecule has 6 heteroatoms. The summed E-state index contributed by atoms with van der Waals surface area (Å²) in [5.74, 6) is 0. The van der Waals surface area contributed by atoms with Gasteiger partial charge in [-0.2, -0.15) is 4.73 Å². The van der Waals surface area contributed by atoms with Crippen molar-refractivity contribution < 1.29 is 13.1 Å². The van der Waals surface area contributed by atoms with E-state index in [-0.39, 0.29) is 15.5 Å². The molecule has 4 nitrogen and oxygen atoms in total. The molecule has 0 radical (unpaired) electrons. The van der Waals surface area contributed by atoms with Crippen LogP contribution >= 0.6 is 11.6 Å². The third-order valence-corrected chi connectivity index (χ3v) is 6.86. The lowest BCUT2D eigenvalue weighted by Gasteiger charge is -2.17. The standard InChI is InChI=1S/C22H16ClNO3S/c1-15-22(28(26,27)18-10-6-3-7-11-18)21(16-8-4-2-5-9-16)19-14-17(23)12-13-20(19)24(15)25/h2-14H,1H3. The van der Waals surface area contributed by atoms with Gasteiger partial charge in [-0.05, 0) is 29.8 Å². The summed E-state index contributed by atoms with van der Waals surface area (Å²) in [5.41, 5.74) is 1.67. The maximum Gasteiger partial charge on any atom is 0.224 e. The van der Waals surface area contributed by atoms with E-state index in [0.717, 1.165) is 0 Å². The Hall–Kier alpha value is -2.89. The number of aromatic nitrogens is 1. The van der Waals surface area contributed by atoms with Gasteiger partial charge >= 0.3 is 0 Å². The highest BCUT2D eigenvalue weighted by Gasteiger charge is 2.32. The van der Waals surface area contributed by atoms with E-state index in [1.807, 2.05) is 30.3 Å². The molecule has 1 aromatic heterocycles. The molecule has 0 saturated heterocycles. The number of pyridine rings is 1. The molecule has 0 bridgehead atoms. The van der Waals surface area contributed by atoms with Crippen molar-refractivity contribution in [2.45, 2.75) is 16.7 Å². The molecule has 140 valence electrons. The smallest absolute Gasteiger partial charge is 0.224 e. The van der Waals surface area contributed by atoms with Crippen molar-refractivity contribution in [3.05, 3.63) is 94.8 Å². The van der Waals surface area contributed by atoms with Crippen LogP contribution in [0.15, 0.2) is 88.7 Å². The van der Waals surface area contributed by atoms with Gasteiger partial charge in [0.15, 0.2) is 0 Å². The van der Waals surface area contributed by atoms with Gasteiger partial charge in [-0.25, -0.2) is 8.42 Å². The fourth-order valence-corrected chi connectivity index (χ4v) is 5.29. The molecule has 0 aliphatic heterocycles. The van der Waals surface area contributed by atoms with Crippen LogP contribution in [0.2, 0.25) is 5.02 Å². The van der Waals surface area contributed by atoms with Gasteiger partial charge in [-0.1, -0.05) is 60.1 Å². The van der Waals surface area contributed by atoms with Crippen molar-refractivity contribution in [3.8, 4) is 11.1 Å². The van der Waals surface area contributed by atoms with Gasteiger partial charge in [-0.15, -0.1) is 0 Å². The predicted molar refractivity (Wildman–Crippen MR) is 110 cm³/mol. The third-order valence-electron chi connectivity index (χ3n) is 4.69. The van der Waals surface area contributed by atoms with Gasteiger partial charge in [0.1, 0.15) is 4.90 Å². The summed E-state index contributed by atoms with van der Waals surface area (Å²) in [4.78, 5) is 0.131. The molecule has 0 aliphatic carbocycles. The van der Waals surface area contributed by atoms with Crippen LogP contribution in [0.4, 0.5) is 0 Å². The van der Waals surface area contributed by atoms with Crippen LogP contribution in [0.25, 0.3) is 22.0 Å². The van der Waals surface area contributed by atoms with Crippen LogP contribution in [-0.4, -0.2) is 8.42 Å². The molecule has 0 N–H and O–H groups in total. The monoisotopic (exact) mass is 409 g/mol. The molecular weight excluding hydrogens is 394 g/mol. The second-order valence-electron chi connectivity index (χ2n) is 6.43. The first-order valence-corrected chi connectivity index (χ1v) is 10.5. The minimum Gasteiger partial charge on any atom is -0.618 e. The zero-order valence-corrected chi connectivity index (χ0v) is 16.5. The summed E-state index contributed by atoms with van der Waals surface area (Å²) in [6, 6.07) is 22.2. The van der Waals surface area contributed by atoms with Crippen molar-refractivity contribution in [1.82, 2.24) is 0 Å². The first-order valence-electron chi connectivity index (χ1n) is 8.62. The van der Waals surface area contributed by atoms with Crippen LogP contribution < -0.4 is 4.73 Å². The number of halogens is 1. The largest absolute Gasteiger partial charge is 0.618 e. The summed E-state index contributed by atoms with van der Waals surface area (Å²) >= 11 is 6.19. The molecule has 28 heavy (non-hydrogen) atoms. The fourth-order valence-electron chi connectivity index (χ4n) is 3.40. The van der Waals surface area contributed by atoms with Crippen LogP contribution in [0.5, 0.6) is 0 Å². The molecule has 0 spiro atoms. The molecule has 3 aromatic carbocycles. The van der Waals surface area contributed by atoms with Crippen molar-refractivity contribution >= 4 is 32.3 Å². The normalized spacial score (nSPS) is 11.6. The number of benzene rings is 3. The molecule has 0 unspecified atom stereocenters. The van der Waals surface area contributed by atoms with E-state index in [2.05, 4.69) is 0 Å². The predicted octanol–water partition coefficient (Wildman–Crippen LogP) is 4.93. The number of rotatable bonds is 3. The number of fused-ring (bicyclic) bond motifs is 1. The minimum absolute atomic E-state index is 0.00494. The maximum absolute atomic E-state index is 13.5. The number of sulfone groups is 1. The Morgan fingerprint density at radius 2 is 1.50 bits per heavy atom. The Morgan fingerprint density at radius 3 is 2.14 bits per heavy atom. The maximum atomic E-state index is 13.5. The Balaban J connectivity index is 2.22. The van der Waals surface area contributed by atoms with E-state index in [9.17, 15) is 13.6 Å². The van der Waals surface area contributed by atoms with E-state index in [0.29, 0.717) is 31.8 Å². The van der Waals surface area contributed by atoms with E-state index in [1.165, 1.54) is 19.1 Å². The Labute approximate surface area is 168 Å². The van der Waals surface area contributed by atoms with E-state index in [4.69, 9.17) is 11.6 Å². The van der Waals surface area contributed by atoms with Crippen molar-refractivity contribution in [3.63, 3.8) is 0 Å². The molecule has 0 fully saturated rings. The molecule has 0 atom stereocenters. The first-order chi connectivity index (χ1) is 13.4. The summed E-state index contributed by atoms with van der Waals surface area (Å²) in [6.45, 7) is 1.53. The van der Waals surface area contributed by atoms with Gasteiger partial charge < -0.3 is 5.21 Å². The highest BCUT2D eigenvalue weighted by molar-refractivity contribution is 7.91. The third kappa shape index (κ3) is 2.93. The van der Waals surface area contributed by atoms with Crippen LogP contribution in [0.1, 0.15) is 5.69 Å². The summed E-state index contributed by atoms with van der Waals surface area (Å²) in [7, 11) is -3.94. The summed E-state index contributed by atoms with van der Waals surface area (Å²) in [5, 5.41) is 13.9. The quantitative estimate of drug-likeness (QED) is 0.356. The second-order valence-corrected chi connectivity index (χ2v) is 8.75. The lowest BCUT2D eigenvalue weighted by atomic mass is 10.00. The molecule has 0 amide bonds. The van der Waals surface area contributed by atoms with Crippen LogP contribution in [0.3, 0.4) is 0 Å². The van der Waals surface area contributed by atoms with Crippen molar-refractivity contribution in [1.29, 1.82) is 0 Å². The average molecular weight is 410 g/mol. The first kappa shape index (κ1) is 18.5. The molecule has 0 aliphatic rings. The van der Waals surface area contributed by atoms with Crippen molar-refractivity contribution in [2.75, 3.05) is 0 Å². The van der Waals surface area contributed by atoms with Crippen LogP contribution in [-0.2, 0) is 9.84 Å². The zero-order chi connectivity index (χ0) is 19.9. The van der Waals surface area contributed by atoms with Gasteiger partial charge in [0.25, 0.3) is 0 Å². The molecule has 4 rings (SSSR count). The Kier molecular flexibility index (Phi) is 4.57. The van der Waals surface area contributed by atoms with Crippen molar-refractivity contribution in [2.24, 2.45) is 0 Å². The van der Waals surface area contributed by atoms with Gasteiger partial charge in [0, 0.05) is 23.6 Å². The number of hydrogen-bond acceptors (Lipinski definition) is 3. The lowest BCUT2D eigenvalue weighted by molar-refractivity contribution is -0.586. The van der Waals surface area contributed by atoms with E-state index >= 15 is 0 Å². The molecule has 1 heterocycles. The molecule has 0 saturated carbocycles. The second kappa shape index (κ2) is 6.93. The van der Waals surface area contributed by atoms with Gasteiger partial charge in [0.2, 0.25) is 21.0 Å².